The number of nitrogens with one attached hydrogen (secondary N) is 3. The van der Waals surface area contributed by atoms with Crippen LogP contribution in [0.1, 0.15) is 19.8 Å². The first-order valence-electron chi connectivity index (χ1n) is 11.0. The van der Waals surface area contributed by atoms with Crippen molar-refractivity contribution in [3.8, 4) is 11.4 Å². The summed E-state index contributed by atoms with van der Waals surface area (Å²) in [7, 11) is 0. The van der Waals surface area contributed by atoms with Gasteiger partial charge in [0.1, 0.15) is 5.82 Å². The largest absolute Gasteiger partial charge is 0.376 e. The Morgan fingerprint density at radius 2 is 2.03 bits per heavy atom. The lowest BCUT2D eigenvalue weighted by Crippen LogP contribution is -2.23. The Hall–Kier alpha value is -3.44. The number of nitrogens with zero attached hydrogens (tertiary/aromatic N) is 3. The molecule has 3 heterocycles. The van der Waals surface area contributed by atoms with E-state index in [0.29, 0.717) is 34.2 Å². The normalized spacial score (nSPS) is 16.7. The molecule has 3 N–H and O–H groups in total. The summed E-state index contributed by atoms with van der Waals surface area (Å²) in [5.41, 5.74) is 2.30. The number of fused-ring (bicyclic) bond motifs is 1. The Bertz CT molecular complexity index is 1370. The van der Waals surface area contributed by atoms with Crippen molar-refractivity contribution < 1.29 is 13.9 Å². The van der Waals surface area contributed by atoms with Crippen LogP contribution in [-0.2, 0) is 16.1 Å². The number of H-pyrrole nitrogens is 2. The summed E-state index contributed by atoms with van der Waals surface area (Å²) in [6, 6.07) is 11.3. The van der Waals surface area contributed by atoms with Crippen LogP contribution in [0.5, 0.6) is 0 Å². The molecule has 5 rings (SSSR count). The number of ether oxygens (including phenoxy) is 1. The SMILES string of the molecule is CC(Sc1nnc(-c2ccc(F)cc2)n1CC1CCCO1)C(=O)Nc1ccc2[nH]c(=O)[nH]c2c1. The fourth-order valence-corrected chi connectivity index (χ4v) is 4.77. The second kappa shape index (κ2) is 9.43. The Morgan fingerprint density at radius 3 is 2.79 bits per heavy atom. The maximum Gasteiger partial charge on any atom is 0.323 e. The van der Waals surface area contributed by atoms with Gasteiger partial charge in [0.2, 0.25) is 5.91 Å². The Labute approximate surface area is 198 Å². The highest BCUT2D eigenvalue weighted by Crippen LogP contribution is 2.29. The molecule has 34 heavy (non-hydrogen) atoms. The second-order valence-corrected chi connectivity index (χ2v) is 9.46. The van der Waals surface area contributed by atoms with Crippen LogP contribution in [0.2, 0.25) is 0 Å². The van der Waals surface area contributed by atoms with Gasteiger partial charge in [0.05, 0.1) is 28.9 Å². The molecule has 2 aromatic heterocycles. The van der Waals surface area contributed by atoms with E-state index in [1.807, 2.05) is 4.57 Å². The highest BCUT2D eigenvalue weighted by Gasteiger charge is 2.25. The first-order valence-corrected chi connectivity index (χ1v) is 11.8. The van der Waals surface area contributed by atoms with Gasteiger partial charge in [-0.1, -0.05) is 11.8 Å². The Kier molecular flexibility index (Phi) is 6.20. The van der Waals surface area contributed by atoms with Gasteiger partial charge in [0.15, 0.2) is 11.0 Å². The number of aromatic amines is 2. The molecule has 9 nitrogen and oxygen atoms in total. The van der Waals surface area contributed by atoms with Crippen molar-refractivity contribution >= 4 is 34.4 Å². The fourth-order valence-electron chi connectivity index (χ4n) is 3.91. The van der Waals surface area contributed by atoms with Crippen molar-refractivity contribution in [2.45, 2.75) is 42.8 Å². The molecule has 0 radical (unpaired) electrons. The van der Waals surface area contributed by atoms with Gasteiger partial charge in [0.25, 0.3) is 0 Å². The number of anilines is 1. The minimum atomic E-state index is -0.477. The quantitative estimate of drug-likeness (QED) is 0.347. The number of thioether (sulfide) groups is 1. The molecule has 2 atom stereocenters. The van der Waals surface area contributed by atoms with Crippen molar-refractivity contribution in [3.05, 3.63) is 58.8 Å². The lowest BCUT2D eigenvalue weighted by molar-refractivity contribution is -0.115. The number of carbonyl (C=O) groups is 1. The number of amides is 1. The molecular formula is C23H23FN6O3S. The zero-order chi connectivity index (χ0) is 23.7. The first-order chi connectivity index (χ1) is 16.5. The van der Waals surface area contributed by atoms with Crippen LogP contribution >= 0.6 is 11.8 Å². The van der Waals surface area contributed by atoms with Gasteiger partial charge in [0, 0.05) is 17.9 Å². The summed E-state index contributed by atoms with van der Waals surface area (Å²) in [5, 5.41) is 11.7. The predicted octanol–water partition coefficient (Wildman–Crippen LogP) is 3.55. The summed E-state index contributed by atoms with van der Waals surface area (Å²) in [6.07, 6.45) is 1.97. The van der Waals surface area contributed by atoms with Crippen molar-refractivity contribution in [3.63, 3.8) is 0 Å². The van der Waals surface area contributed by atoms with Gasteiger partial charge in [-0.15, -0.1) is 10.2 Å². The zero-order valence-corrected chi connectivity index (χ0v) is 19.2. The lowest BCUT2D eigenvalue weighted by Gasteiger charge is -2.16. The second-order valence-electron chi connectivity index (χ2n) is 8.15. The van der Waals surface area contributed by atoms with Crippen LogP contribution in [0.15, 0.2) is 52.4 Å². The Balaban J connectivity index is 1.35. The number of hydrogen-bond donors (Lipinski definition) is 3. The van der Waals surface area contributed by atoms with E-state index in [1.54, 1.807) is 37.3 Å². The van der Waals surface area contributed by atoms with Crippen LogP contribution in [0.3, 0.4) is 0 Å². The zero-order valence-electron chi connectivity index (χ0n) is 18.4. The number of imidazole rings is 1. The summed E-state index contributed by atoms with van der Waals surface area (Å²) in [6.45, 7) is 3.06. The van der Waals surface area contributed by atoms with Crippen molar-refractivity contribution in [1.82, 2.24) is 24.7 Å². The van der Waals surface area contributed by atoms with Gasteiger partial charge in [-0.05, 0) is 62.2 Å². The molecule has 0 saturated carbocycles. The molecule has 0 spiro atoms. The molecule has 1 fully saturated rings. The molecule has 1 aliphatic heterocycles. The number of benzene rings is 2. The molecule has 1 amide bonds. The third-order valence-electron chi connectivity index (χ3n) is 5.66. The fraction of sp³-hybridized carbons (Fsp3) is 0.304. The van der Waals surface area contributed by atoms with Gasteiger partial charge in [-0.3, -0.25) is 9.36 Å². The predicted molar refractivity (Wildman–Crippen MR) is 127 cm³/mol. The van der Waals surface area contributed by atoms with E-state index < -0.39 is 5.25 Å². The molecular weight excluding hydrogens is 459 g/mol. The third-order valence-corrected chi connectivity index (χ3v) is 6.74. The van der Waals surface area contributed by atoms with Gasteiger partial charge < -0.3 is 20.0 Å². The van der Waals surface area contributed by atoms with Gasteiger partial charge in [-0.25, -0.2) is 9.18 Å². The van der Waals surface area contributed by atoms with E-state index in [4.69, 9.17) is 4.74 Å². The third kappa shape index (κ3) is 4.75. The molecule has 0 bridgehead atoms. The van der Waals surface area contributed by atoms with Crippen LogP contribution in [0.25, 0.3) is 22.4 Å². The van der Waals surface area contributed by atoms with Crippen LogP contribution in [0, 0.1) is 5.82 Å². The topological polar surface area (TPSA) is 118 Å². The maximum atomic E-state index is 13.4. The van der Waals surface area contributed by atoms with Crippen LogP contribution in [-0.4, -0.2) is 48.6 Å². The minimum absolute atomic E-state index is 0.0360. The van der Waals surface area contributed by atoms with Crippen LogP contribution < -0.4 is 11.0 Å². The number of hydrogen-bond acceptors (Lipinski definition) is 6. The van der Waals surface area contributed by atoms with E-state index in [9.17, 15) is 14.0 Å². The van der Waals surface area contributed by atoms with Gasteiger partial charge >= 0.3 is 5.69 Å². The average molecular weight is 483 g/mol. The number of aromatic nitrogens is 5. The monoisotopic (exact) mass is 482 g/mol. The molecule has 176 valence electrons. The molecule has 2 aromatic carbocycles. The van der Waals surface area contributed by atoms with E-state index in [0.717, 1.165) is 25.0 Å². The number of halogens is 1. The lowest BCUT2D eigenvalue weighted by atomic mass is 10.2. The summed E-state index contributed by atoms with van der Waals surface area (Å²) in [5.74, 6) is 0.0699. The highest BCUT2D eigenvalue weighted by molar-refractivity contribution is 8.00. The molecule has 2 unspecified atom stereocenters. The average Bonchev–Trinajstić information content (AvgIpc) is 3.55. The number of carbonyl (C=O) groups excluding carboxylic acids is 1. The van der Waals surface area contributed by atoms with E-state index >= 15 is 0 Å². The van der Waals surface area contributed by atoms with Crippen molar-refractivity contribution in [1.29, 1.82) is 0 Å². The molecule has 4 aromatic rings. The van der Waals surface area contributed by atoms with E-state index in [-0.39, 0.29) is 23.5 Å². The van der Waals surface area contributed by atoms with Gasteiger partial charge in [-0.2, -0.15) is 0 Å². The smallest absolute Gasteiger partial charge is 0.323 e. The maximum absolute atomic E-state index is 13.4. The number of rotatable bonds is 7. The molecule has 1 aliphatic rings. The summed E-state index contributed by atoms with van der Waals surface area (Å²) >= 11 is 1.29. The van der Waals surface area contributed by atoms with Crippen molar-refractivity contribution in [2.24, 2.45) is 0 Å². The van der Waals surface area contributed by atoms with E-state index in [2.05, 4.69) is 25.5 Å². The Morgan fingerprint density at radius 1 is 1.24 bits per heavy atom. The highest BCUT2D eigenvalue weighted by atomic mass is 32.2. The molecule has 11 heteroatoms. The summed E-state index contributed by atoms with van der Waals surface area (Å²) in [4.78, 5) is 29.7. The van der Waals surface area contributed by atoms with Crippen LogP contribution in [0.4, 0.5) is 10.1 Å². The summed E-state index contributed by atoms with van der Waals surface area (Å²) < 4.78 is 21.2. The molecule has 0 aliphatic carbocycles. The molecule has 1 saturated heterocycles. The standard InChI is InChI=1S/C23H23FN6O3S/c1-13(21(31)25-16-8-9-18-19(11-16)27-22(32)26-18)34-23-29-28-20(14-4-6-15(24)7-5-14)30(23)12-17-3-2-10-33-17/h4-9,11,13,17H,2-3,10,12H2,1H3,(H,25,31)(H2,26,27,32). The van der Waals surface area contributed by atoms with Crippen molar-refractivity contribution in [2.75, 3.05) is 11.9 Å². The first kappa shape index (κ1) is 22.4. The van der Waals surface area contributed by atoms with E-state index in [1.165, 1.54) is 23.9 Å². The minimum Gasteiger partial charge on any atom is -0.376 e.